The molecule has 6 nitrogen and oxygen atoms in total. The van der Waals surface area contributed by atoms with Crippen molar-refractivity contribution >= 4 is 57.4 Å². The zero-order valence-corrected chi connectivity index (χ0v) is 25.9. The Kier molecular flexibility index (Phi) is 9.69. The summed E-state index contributed by atoms with van der Waals surface area (Å²) in [6.07, 6.45) is 1.70. The van der Waals surface area contributed by atoms with Gasteiger partial charge in [-0.05, 0) is 60.5 Å². The molecule has 4 aromatic carbocycles. The Labute approximate surface area is 262 Å². The van der Waals surface area contributed by atoms with E-state index in [2.05, 4.69) is 5.32 Å². The van der Waals surface area contributed by atoms with Gasteiger partial charge < -0.3 is 15.1 Å². The minimum Gasteiger partial charge on any atom is -0.352 e. The first kappa shape index (κ1) is 30.6. The van der Waals surface area contributed by atoms with Crippen LogP contribution in [0.1, 0.15) is 54.6 Å². The molecule has 0 bridgehead atoms. The number of rotatable bonds is 12. The van der Waals surface area contributed by atoms with Gasteiger partial charge in [-0.1, -0.05) is 90.8 Å². The van der Waals surface area contributed by atoms with E-state index in [-0.39, 0.29) is 36.7 Å². The zero-order valence-electron chi connectivity index (χ0n) is 24.4. The lowest BCUT2D eigenvalue weighted by atomic mass is 10.0. The van der Waals surface area contributed by atoms with Gasteiger partial charge in [-0.15, -0.1) is 0 Å². The van der Waals surface area contributed by atoms with E-state index in [0.717, 1.165) is 28.4 Å². The van der Waals surface area contributed by atoms with Crippen LogP contribution in [0.25, 0.3) is 10.8 Å². The van der Waals surface area contributed by atoms with Crippen LogP contribution < -0.4 is 10.2 Å². The van der Waals surface area contributed by atoms with Crippen molar-refractivity contribution in [2.75, 3.05) is 11.4 Å². The lowest BCUT2D eigenvalue weighted by molar-refractivity contribution is -0.141. The monoisotopic (exact) mass is 615 g/mol. The topological polar surface area (TPSA) is 69.7 Å². The van der Waals surface area contributed by atoms with Crippen LogP contribution in [0.3, 0.4) is 0 Å². The highest BCUT2D eigenvalue weighted by molar-refractivity contribution is 6.35. The second-order valence-corrected chi connectivity index (χ2v) is 11.9. The highest BCUT2D eigenvalue weighted by Gasteiger charge is 2.33. The Bertz CT molecular complexity index is 1640. The molecule has 1 N–H and O–H groups in total. The van der Waals surface area contributed by atoms with E-state index >= 15 is 0 Å². The fraction of sp³-hybridized carbons (Fsp3) is 0.286. The molecule has 222 valence electrons. The van der Waals surface area contributed by atoms with Crippen molar-refractivity contribution in [2.45, 2.75) is 58.2 Å². The van der Waals surface area contributed by atoms with Crippen molar-refractivity contribution < 1.29 is 14.4 Å². The highest BCUT2D eigenvalue weighted by atomic mass is 35.5. The molecule has 3 amide bonds. The van der Waals surface area contributed by atoms with Gasteiger partial charge in [0.2, 0.25) is 11.8 Å². The third-order valence-electron chi connectivity index (χ3n) is 8.05. The van der Waals surface area contributed by atoms with Gasteiger partial charge in [0, 0.05) is 53.0 Å². The van der Waals surface area contributed by atoms with Crippen LogP contribution >= 0.6 is 23.2 Å². The van der Waals surface area contributed by atoms with Crippen molar-refractivity contribution in [1.29, 1.82) is 0 Å². The van der Waals surface area contributed by atoms with Gasteiger partial charge in [0.15, 0.2) is 0 Å². The minimum absolute atomic E-state index is 0.0487. The van der Waals surface area contributed by atoms with Gasteiger partial charge in [0.1, 0.15) is 6.04 Å². The van der Waals surface area contributed by atoms with E-state index < -0.39 is 6.04 Å². The molecule has 0 spiro atoms. The third kappa shape index (κ3) is 6.87. The number of hydrogen-bond acceptors (Lipinski definition) is 3. The molecule has 0 radical (unpaired) electrons. The zero-order chi connectivity index (χ0) is 30.5. The van der Waals surface area contributed by atoms with E-state index in [4.69, 9.17) is 23.2 Å². The molecule has 1 aliphatic heterocycles. The molecule has 0 aromatic heterocycles. The van der Waals surface area contributed by atoms with E-state index in [0.29, 0.717) is 40.6 Å². The summed E-state index contributed by atoms with van der Waals surface area (Å²) in [4.78, 5) is 44.4. The summed E-state index contributed by atoms with van der Waals surface area (Å²) in [7, 11) is 0. The van der Waals surface area contributed by atoms with Gasteiger partial charge in [0.25, 0.3) is 5.91 Å². The Morgan fingerprint density at radius 2 is 1.70 bits per heavy atom. The Balaban J connectivity index is 1.40. The summed E-state index contributed by atoms with van der Waals surface area (Å²) < 4.78 is 0. The van der Waals surface area contributed by atoms with Crippen molar-refractivity contribution in [3.63, 3.8) is 0 Å². The summed E-state index contributed by atoms with van der Waals surface area (Å²) in [6, 6.07) is 25.7. The van der Waals surface area contributed by atoms with E-state index in [1.807, 2.05) is 80.6 Å². The van der Waals surface area contributed by atoms with Gasteiger partial charge in [0.05, 0.1) is 5.69 Å². The van der Waals surface area contributed by atoms with Crippen LogP contribution in [-0.4, -0.2) is 41.2 Å². The molecule has 0 fully saturated rings. The van der Waals surface area contributed by atoms with Crippen LogP contribution in [0.15, 0.2) is 84.9 Å². The summed E-state index contributed by atoms with van der Waals surface area (Å²) >= 11 is 12.7. The van der Waals surface area contributed by atoms with Crippen LogP contribution in [0.4, 0.5) is 5.69 Å². The van der Waals surface area contributed by atoms with E-state index in [9.17, 15) is 14.4 Å². The van der Waals surface area contributed by atoms with Gasteiger partial charge in [-0.3, -0.25) is 14.4 Å². The molecule has 0 saturated carbocycles. The number of halogens is 2. The first-order valence-corrected chi connectivity index (χ1v) is 15.4. The summed E-state index contributed by atoms with van der Waals surface area (Å²) in [5, 5.41) is 5.97. The second-order valence-electron chi connectivity index (χ2n) is 11.0. The maximum Gasteiger partial charge on any atom is 0.258 e. The van der Waals surface area contributed by atoms with E-state index in [1.54, 1.807) is 28.0 Å². The maximum atomic E-state index is 14.1. The van der Waals surface area contributed by atoms with Crippen molar-refractivity contribution in [1.82, 2.24) is 10.2 Å². The molecular weight excluding hydrogens is 581 g/mol. The summed E-state index contributed by atoms with van der Waals surface area (Å²) in [6.45, 7) is 4.49. The predicted molar refractivity (Wildman–Crippen MR) is 174 cm³/mol. The smallest absolute Gasteiger partial charge is 0.258 e. The van der Waals surface area contributed by atoms with E-state index in [1.165, 1.54) is 0 Å². The lowest BCUT2D eigenvalue weighted by Crippen LogP contribution is -2.52. The molecule has 8 heteroatoms. The highest BCUT2D eigenvalue weighted by Crippen LogP contribution is 2.37. The molecule has 4 aromatic rings. The van der Waals surface area contributed by atoms with Crippen LogP contribution in [-0.2, 0) is 22.6 Å². The van der Waals surface area contributed by atoms with Crippen LogP contribution in [0.2, 0.25) is 10.0 Å². The first-order chi connectivity index (χ1) is 20.8. The van der Waals surface area contributed by atoms with Crippen LogP contribution in [0, 0.1) is 0 Å². The fourth-order valence-corrected chi connectivity index (χ4v) is 6.03. The quantitative estimate of drug-likeness (QED) is 0.180. The Morgan fingerprint density at radius 1 is 0.953 bits per heavy atom. The van der Waals surface area contributed by atoms with Gasteiger partial charge >= 0.3 is 0 Å². The van der Waals surface area contributed by atoms with Crippen molar-refractivity contribution in [3.05, 3.63) is 112 Å². The number of carbonyl (C=O) groups is 3. The maximum absolute atomic E-state index is 14.1. The second kappa shape index (κ2) is 13.6. The molecule has 1 aliphatic rings. The Morgan fingerprint density at radius 3 is 2.42 bits per heavy atom. The molecule has 0 saturated heterocycles. The van der Waals surface area contributed by atoms with Crippen LogP contribution in [0.5, 0.6) is 0 Å². The van der Waals surface area contributed by atoms with Crippen molar-refractivity contribution in [3.8, 4) is 0 Å². The molecule has 43 heavy (non-hydrogen) atoms. The molecular formula is C35H35Cl2N3O3. The standard InChI is InChI=1S/C35H35Cl2N3O3/c1-3-23(2)38-34(42)31(20-24-10-5-4-6-11-24)40(22-26-17-18-27(36)21-29(26)37)32(41)16-9-19-39-30-15-8-13-25-12-7-14-28(33(25)30)35(39)43/h4-8,10-15,17-18,21,23,31H,3,9,16,19-20,22H2,1-2H3,(H,38,42)/t23-,31+/m0/s1. The largest absolute Gasteiger partial charge is 0.352 e. The minimum atomic E-state index is -0.762. The predicted octanol–water partition coefficient (Wildman–Crippen LogP) is 7.44. The number of nitrogens with one attached hydrogen (secondary N) is 1. The van der Waals surface area contributed by atoms with Gasteiger partial charge in [-0.2, -0.15) is 0 Å². The SMILES string of the molecule is CC[C@H](C)NC(=O)[C@@H](Cc1ccccc1)N(Cc1ccc(Cl)cc1Cl)C(=O)CCCN1C(=O)c2cccc3cccc1c23. The Hall–Kier alpha value is -3.87. The number of benzene rings is 4. The number of amides is 3. The first-order valence-electron chi connectivity index (χ1n) is 14.7. The third-order valence-corrected chi connectivity index (χ3v) is 8.64. The number of hydrogen-bond donors (Lipinski definition) is 1. The molecule has 2 atom stereocenters. The molecule has 0 unspecified atom stereocenters. The molecule has 5 rings (SSSR count). The van der Waals surface area contributed by atoms with Gasteiger partial charge in [-0.25, -0.2) is 0 Å². The number of carbonyl (C=O) groups excluding carboxylic acids is 3. The number of nitrogens with zero attached hydrogens (tertiary/aromatic N) is 2. The van der Waals surface area contributed by atoms with Crippen molar-refractivity contribution in [2.24, 2.45) is 0 Å². The normalized spacial score (nSPS) is 13.7. The lowest BCUT2D eigenvalue weighted by Gasteiger charge is -2.33. The average molecular weight is 617 g/mol. The molecule has 0 aliphatic carbocycles. The summed E-state index contributed by atoms with van der Waals surface area (Å²) in [5.41, 5.74) is 3.19. The summed E-state index contributed by atoms with van der Waals surface area (Å²) in [5.74, 6) is -0.457. The molecule has 1 heterocycles. The average Bonchev–Trinajstić information content (AvgIpc) is 3.28. The fourth-order valence-electron chi connectivity index (χ4n) is 5.56. The number of anilines is 1.